The number of nitro groups is 1. The maximum atomic E-state index is 13.6. The molecule has 110 valence electrons. The highest BCUT2D eigenvalue weighted by atomic mass is 127. The van der Waals surface area contributed by atoms with Crippen molar-refractivity contribution in [2.75, 3.05) is 0 Å². The summed E-state index contributed by atoms with van der Waals surface area (Å²) in [7, 11) is 0. The fourth-order valence-electron chi connectivity index (χ4n) is 2.37. The Hall–Kier alpha value is -0.960. The Morgan fingerprint density at radius 1 is 1.35 bits per heavy atom. The molecule has 20 heavy (non-hydrogen) atoms. The third-order valence-electron chi connectivity index (χ3n) is 3.48. The third-order valence-corrected chi connectivity index (χ3v) is 4.31. The number of nitrogens with zero attached hydrogens (tertiary/aromatic N) is 1. The van der Waals surface area contributed by atoms with Gasteiger partial charge in [-0.15, -0.1) is 0 Å². The van der Waals surface area contributed by atoms with E-state index in [0.717, 1.165) is 38.2 Å². The maximum absolute atomic E-state index is 13.6. The van der Waals surface area contributed by atoms with Gasteiger partial charge < -0.3 is 10.5 Å². The Bertz CT molecular complexity index is 513. The van der Waals surface area contributed by atoms with E-state index in [4.69, 9.17) is 10.5 Å². The second kappa shape index (κ2) is 6.66. The van der Waals surface area contributed by atoms with Gasteiger partial charge in [0.15, 0.2) is 5.75 Å². The molecule has 5 nitrogen and oxygen atoms in total. The minimum atomic E-state index is -0.556. The molecule has 0 aliphatic heterocycles. The molecule has 2 rings (SSSR count). The van der Waals surface area contributed by atoms with Gasteiger partial charge in [0.25, 0.3) is 0 Å². The number of benzene rings is 1. The zero-order valence-electron chi connectivity index (χ0n) is 10.9. The molecule has 1 aromatic carbocycles. The summed E-state index contributed by atoms with van der Waals surface area (Å²) in [5.41, 5.74) is 5.82. The summed E-state index contributed by atoms with van der Waals surface area (Å²) < 4.78 is 19.5. The zero-order chi connectivity index (χ0) is 14.7. The SMILES string of the molecule is NC1CCCCCC1Oc1cc(F)c(I)cc1[N+](=O)[O-]. The van der Waals surface area contributed by atoms with Crippen molar-refractivity contribution < 1.29 is 14.1 Å². The van der Waals surface area contributed by atoms with Crippen molar-refractivity contribution >= 4 is 28.3 Å². The highest BCUT2D eigenvalue weighted by Crippen LogP contribution is 2.33. The fraction of sp³-hybridized carbons (Fsp3) is 0.538. The molecule has 1 fully saturated rings. The topological polar surface area (TPSA) is 78.4 Å². The van der Waals surface area contributed by atoms with Crippen LogP contribution < -0.4 is 10.5 Å². The van der Waals surface area contributed by atoms with E-state index in [1.165, 1.54) is 6.07 Å². The van der Waals surface area contributed by atoms with Crippen LogP contribution in [0.5, 0.6) is 5.75 Å². The number of hydrogen-bond acceptors (Lipinski definition) is 4. The van der Waals surface area contributed by atoms with E-state index >= 15 is 0 Å². The standard InChI is InChI=1S/C13H16FIN2O3/c14-8-6-13(11(17(18)19)7-9(8)15)20-12-5-3-1-2-4-10(12)16/h6-7,10,12H,1-5,16H2. The van der Waals surface area contributed by atoms with E-state index < -0.39 is 10.7 Å². The predicted molar refractivity (Wildman–Crippen MR) is 81.2 cm³/mol. The quantitative estimate of drug-likeness (QED) is 0.369. The Balaban J connectivity index is 2.27. The van der Waals surface area contributed by atoms with E-state index in [9.17, 15) is 14.5 Å². The van der Waals surface area contributed by atoms with Crippen LogP contribution in [-0.2, 0) is 0 Å². The molecule has 0 radical (unpaired) electrons. The van der Waals surface area contributed by atoms with Gasteiger partial charge in [-0.3, -0.25) is 10.1 Å². The molecule has 0 aromatic heterocycles. The number of rotatable bonds is 3. The van der Waals surface area contributed by atoms with Crippen LogP contribution in [0, 0.1) is 19.5 Å². The minimum absolute atomic E-state index is 0.0322. The molecular weight excluding hydrogens is 378 g/mol. The number of nitro benzene ring substituents is 1. The van der Waals surface area contributed by atoms with E-state index in [-0.39, 0.29) is 27.2 Å². The van der Waals surface area contributed by atoms with Crippen LogP contribution in [0.2, 0.25) is 0 Å². The molecule has 1 aromatic rings. The number of nitrogens with two attached hydrogens (primary N) is 1. The first-order chi connectivity index (χ1) is 9.49. The van der Waals surface area contributed by atoms with Gasteiger partial charge in [0.05, 0.1) is 8.49 Å². The van der Waals surface area contributed by atoms with Crippen LogP contribution in [0.25, 0.3) is 0 Å². The van der Waals surface area contributed by atoms with Crippen LogP contribution in [-0.4, -0.2) is 17.1 Å². The summed E-state index contributed by atoms with van der Waals surface area (Å²) >= 11 is 1.72. The van der Waals surface area contributed by atoms with Gasteiger partial charge >= 0.3 is 5.69 Å². The van der Waals surface area contributed by atoms with Gasteiger partial charge in [0.1, 0.15) is 11.9 Å². The van der Waals surface area contributed by atoms with Crippen LogP contribution >= 0.6 is 22.6 Å². The van der Waals surface area contributed by atoms with Gasteiger partial charge in [-0.05, 0) is 41.9 Å². The number of halogens is 2. The summed E-state index contributed by atoms with van der Waals surface area (Å²) in [5.74, 6) is -0.552. The van der Waals surface area contributed by atoms with Crippen molar-refractivity contribution in [3.8, 4) is 5.75 Å². The lowest BCUT2D eigenvalue weighted by atomic mass is 10.1. The normalized spacial score (nSPS) is 23.1. The van der Waals surface area contributed by atoms with Gasteiger partial charge in [-0.25, -0.2) is 4.39 Å². The number of hydrogen-bond donors (Lipinski definition) is 1. The van der Waals surface area contributed by atoms with Crippen molar-refractivity contribution in [2.45, 2.75) is 44.2 Å². The molecule has 0 saturated heterocycles. The van der Waals surface area contributed by atoms with Crippen molar-refractivity contribution in [3.63, 3.8) is 0 Å². The Morgan fingerprint density at radius 2 is 2.05 bits per heavy atom. The van der Waals surface area contributed by atoms with Crippen LogP contribution in [0.15, 0.2) is 12.1 Å². The van der Waals surface area contributed by atoms with Crippen molar-refractivity contribution in [1.29, 1.82) is 0 Å². The van der Waals surface area contributed by atoms with E-state index in [1.807, 2.05) is 0 Å². The molecule has 2 unspecified atom stereocenters. The Morgan fingerprint density at radius 3 is 2.75 bits per heavy atom. The average molecular weight is 394 g/mol. The zero-order valence-corrected chi connectivity index (χ0v) is 13.0. The van der Waals surface area contributed by atoms with Crippen LogP contribution in [0.4, 0.5) is 10.1 Å². The predicted octanol–water partition coefficient (Wildman–Crippen LogP) is 3.38. The molecule has 0 bridgehead atoms. The number of ether oxygens (including phenoxy) is 1. The van der Waals surface area contributed by atoms with E-state index in [2.05, 4.69) is 0 Å². The smallest absolute Gasteiger partial charge is 0.312 e. The summed E-state index contributed by atoms with van der Waals surface area (Å²) in [5, 5.41) is 11.0. The summed E-state index contributed by atoms with van der Waals surface area (Å²) in [4.78, 5) is 10.5. The van der Waals surface area contributed by atoms with E-state index in [1.54, 1.807) is 22.6 Å². The van der Waals surface area contributed by atoms with Crippen LogP contribution in [0.3, 0.4) is 0 Å². The van der Waals surface area contributed by atoms with Gasteiger partial charge in [-0.2, -0.15) is 0 Å². The highest BCUT2D eigenvalue weighted by molar-refractivity contribution is 14.1. The second-order valence-corrected chi connectivity index (χ2v) is 6.11. The lowest BCUT2D eigenvalue weighted by Crippen LogP contribution is -2.38. The molecule has 0 spiro atoms. The fourth-order valence-corrected chi connectivity index (χ4v) is 2.82. The van der Waals surface area contributed by atoms with Crippen LogP contribution in [0.1, 0.15) is 32.1 Å². The molecule has 0 amide bonds. The molecule has 2 N–H and O–H groups in total. The molecule has 1 aliphatic carbocycles. The highest BCUT2D eigenvalue weighted by Gasteiger charge is 2.26. The van der Waals surface area contributed by atoms with Crippen molar-refractivity contribution in [3.05, 3.63) is 31.6 Å². The summed E-state index contributed by atoms with van der Waals surface area (Å²) in [6.07, 6.45) is 4.35. The molecule has 2 atom stereocenters. The molecule has 1 aliphatic rings. The van der Waals surface area contributed by atoms with Gasteiger partial charge in [-0.1, -0.05) is 12.8 Å². The first kappa shape index (κ1) is 15.4. The first-order valence-electron chi connectivity index (χ1n) is 6.54. The maximum Gasteiger partial charge on any atom is 0.312 e. The Kier molecular flexibility index (Phi) is 5.14. The second-order valence-electron chi connectivity index (χ2n) is 4.95. The monoisotopic (exact) mass is 394 g/mol. The van der Waals surface area contributed by atoms with Crippen molar-refractivity contribution in [2.24, 2.45) is 5.73 Å². The molecular formula is C13H16FIN2O3. The largest absolute Gasteiger partial charge is 0.482 e. The molecule has 0 heterocycles. The average Bonchev–Trinajstić information content (AvgIpc) is 2.59. The first-order valence-corrected chi connectivity index (χ1v) is 7.62. The van der Waals surface area contributed by atoms with Gasteiger partial charge in [0.2, 0.25) is 0 Å². The molecule has 1 saturated carbocycles. The lowest BCUT2D eigenvalue weighted by molar-refractivity contribution is -0.386. The Labute approximate surface area is 130 Å². The summed E-state index contributed by atoms with van der Waals surface area (Å²) in [6.45, 7) is 0. The minimum Gasteiger partial charge on any atom is -0.482 e. The van der Waals surface area contributed by atoms with Gasteiger partial charge in [0, 0.05) is 18.2 Å². The summed E-state index contributed by atoms with van der Waals surface area (Å²) in [6, 6.07) is 2.10. The third kappa shape index (κ3) is 3.57. The lowest BCUT2D eigenvalue weighted by Gasteiger charge is -2.22. The molecule has 7 heteroatoms. The van der Waals surface area contributed by atoms with E-state index in [0.29, 0.717) is 0 Å². The van der Waals surface area contributed by atoms with Crippen molar-refractivity contribution in [1.82, 2.24) is 0 Å².